The number of anilines is 2. The quantitative estimate of drug-likeness (QED) is 0.694. The predicted molar refractivity (Wildman–Crippen MR) is 80.8 cm³/mol. The molecule has 0 atom stereocenters. The van der Waals surface area contributed by atoms with E-state index in [-0.39, 0.29) is 5.82 Å². The maximum atomic E-state index is 13.4. The van der Waals surface area contributed by atoms with Crippen molar-refractivity contribution in [2.75, 3.05) is 11.4 Å². The van der Waals surface area contributed by atoms with E-state index < -0.39 is 0 Å². The van der Waals surface area contributed by atoms with Gasteiger partial charge in [-0.15, -0.1) is 11.6 Å². The molecule has 19 heavy (non-hydrogen) atoms. The van der Waals surface area contributed by atoms with E-state index in [1.165, 1.54) is 11.6 Å². The zero-order chi connectivity index (χ0) is 13.4. The maximum Gasteiger partial charge on any atom is 0.125 e. The van der Waals surface area contributed by atoms with Gasteiger partial charge in [0.15, 0.2) is 0 Å². The summed E-state index contributed by atoms with van der Waals surface area (Å²) in [7, 11) is 0. The van der Waals surface area contributed by atoms with Crippen molar-refractivity contribution in [3.8, 4) is 0 Å². The summed E-state index contributed by atoms with van der Waals surface area (Å²) in [5.74, 6) is 0.241. The molecule has 98 valence electrons. The van der Waals surface area contributed by atoms with Crippen LogP contribution < -0.4 is 4.90 Å². The Morgan fingerprint density at radius 3 is 2.79 bits per heavy atom. The van der Waals surface area contributed by atoms with E-state index >= 15 is 0 Å². The van der Waals surface area contributed by atoms with Crippen LogP contribution in [0.15, 0.2) is 40.9 Å². The molecule has 0 aromatic heterocycles. The Labute approximate surface area is 125 Å². The maximum absolute atomic E-state index is 13.4. The summed E-state index contributed by atoms with van der Waals surface area (Å²) in [5.41, 5.74) is 4.24. The van der Waals surface area contributed by atoms with Crippen LogP contribution in [-0.4, -0.2) is 6.54 Å². The SMILES string of the molecule is Fc1ccc2c(c1)N(c1ccc(Br)cc1CCl)CC2. The van der Waals surface area contributed by atoms with E-state index in [0.717, 1.165) is 34.4 Å². The average molecular weight is 341 g/mol. The summed E-state index contributed by atoms with van der Waals surface area (Å²) in [5, 5.41) is 0. The Morgan fingerprint density at radius 2 is 2.00 bits per heavy atom. The Morgan fingerprint density at radius 1 is 1.16 bits per heavy atom. The third-order valence-electron chi connectivity index (χ3n) is 3.42. The number of fused-ring (bicyclic) bond motifs is 1. The third kappa shape index (κ3) is 2.37. The average Bonchev–Trinajstić information content (AvgIpc) is 2.81. The van der Waals surface area contributed by atoms with E-state index in [2.05, 4.69) is 20.8 Å². The first-order chi connectivity index (χ1) is 9.19. The molecule has 1 aliphatic heterocycles. The van der Waals surface area contributed by atoms with Crippen molar-refractivity contribution in [2.45, 2.75) is 12.3 Å². The van der Waals surface area contributed by atoms with Crippen LogP contribution in [0.3, 0.4) is 0 Å². The highest BCUT2D eigenvalue weighted by Crippen LogP contribution is 2.38. The molecule has 0 fully saturated rings. The minimum absolute atomic E-state index is 0.199. The molecule has 0 amide bonds. The van der Waals surface area contributed by atoms with Crippen molar-refractivity contribution in [3.05, 3.63) is 57.8 Å². The van der Waals surface area contributed by atoms with Crippen molar-refractivity contribution in [3.63, 3.8) is 0 Å². The Balaban J connectivity index is 2.08. The molecule has 2 aromatic carbocycles. The summed E-state index contributed by atoms with van der Waals surface area (Å²) < 4.78 is 14.4. The highest BCUT2D eigenvalue weighted by Gasteiger charge is 2.22. The Bertz CT molecular complexity index is 630. The highest BCUT2D eigenvalue weighted by atomic mass is 79.9. The Kier molecular flexibility index (Phi) is 3.50. The molecule has 0 unspecified atom stereocenters. The van der Waals surface area contributed by atoms with Crippen LogP contribution in [-0.2, 0) is 12.3 Å². The zero-order valence-corrected chi connectivity index (χ0v) is 12.5. The van der Waals surface area contributed by atoms with Gasteiger partial charge in [-0.25, -0.2) is 4.39 Å². The lowest BCUT2D eigenvalue weighted by molar-refractivity contribution is 0.628. The van der Waals surface area contributed by atoms with Gasteiger partial charge in [0.25, 0.3) is 0 Å². The molecular formula is C15H12BrClFN. The fourth-order valence-electron chi connectivity index (χ4n) is 2.53. The van der Waals surface area contributed by atoms with Crippen molar-refractivity contribution >= 4 is 38.9 Å². The predicted octanol–water partition coefficient (Wildman–Crippen LogP) is 5.02. The molecule has 2 aromatic rings. The molecule has 0 bridgehead atoms. The van der Waals surface area contributed by atoms with Crippen LogP contribution in [0, 0.1) is 5.82 Å². The molecule has 1 nitrogen and oxygen atoms in total. The molecule has 0 spiro atoms. The molecule has 0 saturated carbocycles. The first-order valence-corrected chi connectivity index (χ1v) is 7.42. The van der Waals surface area contributed by atoms with Gasteiger partial charge in [0, 0.05) is 28.3 Å². The highest BCUT2D eigenvalue weighted by molar-refractivity contribution is 9.10. The second-order valence-corrected chi connectivity index (χ2v) is 5.76. The summed E-state index contributed by atoms with van der Waals surface area (Å²) in [4.78, 5) is 2.14. The number of benzene rings is 2. The molecule has 3 rings (SSSR count). The van der Waals surface area contributed by atoms with Crippen molar-refractivity contribution in [1.29, 1.82) is 0 Å². The fourth-order valence-corrected chi connectivity index (χ4v) is 3.15. The zero-order valence-electron chi connectivity index (χ0n) is 10.2. The van der Waals surface area contributed by atoms with E-state index in [1.54, 1.807) is 6.07 Å². The van der Waals surface area contributed by atoms with Crippen molar-refractivity contribution < 1.29 is 4.39 Å². The van der Waals surface area contributed by atoms with E-state index in [9.17, 15) is 4.39 Å². The monoisotopic (exact) mass is 339 g/mol. The van der Waals surface area contributed by atoms with Gasteiger partial charge in [-0.3, -0.25) is 0 Å². The van der Waals surface area contributed by atoms with Crippen LogP contribution in [0.4, 0.5) is 15.8 Å². The lowest BCUT2D eigenvalue weighted by atomic mass is 10.1. The van der Waals surface area contributed by atoms with Gasteiger partial charge in [-0.05, 0) is 47.9 Å². The lowest BCUT2D eigenvalue weighted by Crippen LogP contribution is -2.15. The van der Waals surface area contributed by atoms with Crippen LogP contribution in [0.1, 0.15) is 11.1 Å². The number of rotatable bonds is 2. The second-order valence-electron chi connectivity index (χ2n) is 4.58. The molecule has 0 saturated heterocycles. The first kappa shape index (κ1) is 12.9. The van der Waals surface area contributed by atoms with Gasteiger partial charge in [-0.2, -0.15) is 0 Å². The molecule has 0 N–H and O–H groups in total. The minimum Gasteiger partial charge on any atom is -0.341 e. The van der Waals surface area contributed by atoms with Gasteiger partial charge < -0.3 is 4.90 Å². The first-order valence-electron chi connectivity index (χ1n) is 6.09. The number of alkyl halides is 1. The summed E-state index contributed by atoms with van der Waals surface area (Å²) in [6.45, 7) is 0.865. The van der Waals surface area contributed by atoms with Gasteiger partial charge in [0.1, 0.15) is 5.82 Å². The Hall–Kier alpha value is -1.06. The van der Waals surface area contributed by atoms with Gasteiger partial charge >= 0.3 is 0 Å². The number of hydrogen-bond donors (Lipinski definition) is 0. The molecule has 1 heterocycles. The van der Waals surface area contributed by atoms with Crippen LogP contribution in [0.25, 0.3) is 0 Å². The summed E-state index contributed by atoms with van der Waals surface area (Å²) in [6.07, 6.45) is 0.938. The van der Waals surface area contributed by atoms with Gasteiger partial charge in [0.2, 0.25) is 0 Å². The molecule has 0 radical (unpaired) electrons. The summed E-state index contributed by atoms with van der Waals surface area (Å²) >= 11 is 9.47. The number of hydrogen-bond acceptors (Lipinski definition) is 1. The minimum atomic E-state index is -0.199. The second kappa shape index (κ2) is 5.14. The molecule has 0 aliphatic carbocycles. The fraction of sp³-hybridized carbons (Fsp3) is 0.200. The van der Waals surface area contributed by atoms with Crippen molar-refractivity contribution in [2.24, 2.45) is 0 Å². The molecule has 1 aliphatic rings. The van der Waals surface area contributed by atoms with E-state index in [1.807, 2.05) is 24.3 Å². The smallest absolute Gasteiger partial charge is 0.125 e. The van der Waals surface area contributed by atoms with Crippen LogP contribution >= 0.6 is 27.5 Å². The molecule has 4 heteroatoms. The lowest BCUT2D eigenvalue weighted by Gasteiger charge is -2.22. The van der Waals surface area contributed by atoms with Crippen molar-refractivity contribution in [1.82, 2.24) is 0 Å². The normalized spacial score (nSPS) is 13.7. The van der Waals surface area contributed by atoms with Gasteiger partial charge in [-0.1, -0.05) is 22.0 Å². The largest absolute Gasteiger partial charge is 0.341 e. The standard InChI is InChI=1S/C15H12BrClFN/c16-12-2-4-14(11(7-12)9-17)19-6-5-10-1-3-13(18)8-15(10)19/h1-4,7-8H,5-6,9H2. The third-order valence-corrected chi connectivity index (χ3v) is 4.20. The summed E-state index contributed by atoms with van der Waals surface area (Å²) in [6, 6.07) is 11.0. The number of nitrogens with zero attached hydrogens (tertiary/aromatic N) is 1. The molecular weight excluding hydrogens is 329 g/mol. The number of halogens is 3. The van der Waals surface area contributed by atoms with Crippen LogP contribution in [0.5, 0.6) is 0 Å². The van der Waals surface area contributed by atoms with E-state index in [4.69, 9.17) is 11.6 Å². The topological polar surface area (TPSA) is 3.24 Å². The van der Waals surface area contributed by atoms with Crippen LogP contribution in [0.2, 0.25) is 0 Å². The van der Waals surface area contributed by atoms with E-state index in [0.29, 0.717) is 5.88 Å². The van der Waals surface area contributed by atoms with Gasteiger partial charge in [0.05, 0.1) is 0 Å².